The maximum absolute atomic E-state index is 5.54. The first-order chi connectivity index (χ1) is 22.5. The van der Waals surface area contributed by atoms with E-state index in [0.717, 1.165) is 29.3 Å². The fourth-order valence-corrected chi connectivity index (χ4v) is 5.02. The summed E-state index contributed by atoms with van der Waals surface area (Å²) in [6.07, 6.45) is 13.2. The first-order valence-electron chi connectivity index (χ1n) is 15.3. The molecule has 0 aromatic carbocycles. The quantitative estimate of drug-likeness (QED) is 0.146. The van der Waals surface area contributed by atoms with Gasteiger partial charge < -0.3 is 9.80 Å². The van der Waals surface area contributed by atoms with Crippen LogP contribution in [0.5, 0.6) is 0 Å². The van der Waals surface area contributed by atoms with Crippen molar-refractivity contribution in [1.82, 2.24) is 40.6 Å². The molecule has 10 nitrogen and oxygen atoms in total. The number of hydrogen-bond donors (Lipinski definition) is 2. The first-order valence-corrected chi connectivity index (χ1v) is 16.1. The van der Waals surface area contributed by atoms with Crippen molar-refractivity contribution in [2.75, 3.05) is 20.6 Å². The molecule has 0 spiro atoms. The molecule has 1 fully saturated rings. The van der Waals surface area contributed by atoms with E-state index in [9.17, 15) is 0 Å². The topological polar surface area (TPSA) is 107 Å². The van der Waals surface area contributed by atoms with E-state index in [2.05, 4.69) is 45.9 Å². The van der Waals surface area contributed by atoms with Crippen LogP contribution in [0.2, 0.25) is 0 Å². The van der Waals surface area contributed by atoms with Gasteiger partial charge in [0.25, 0.3) is 0 Å². The van der Waals surface area contributed by atoms with Crippen LogP contribution in [-0.2, 0) is 0 Å². The van der Waals surface area contributed by atoms with Gasteiger partial charge in [0.1, 0.15) is 11.4 Å². The predicted molar refractivity (Wildman–Crippen MR) is 193 cm³/mol. The fraction of sp³-hybridized carbons (Fsp3) is 0.294. The van der Waals surface area contributed by atoms with E-state index >= 15 is 0 Å². The molecule has 0 unspecified atom stereocenters. The molecule has 1 saturated carbocycles. The summed E-state index contributed by atoms with van der Waals surface area (Å²) in [6.45, 7) is 2.83. The highest BCUT2D eigenvalue weighted by Gasteiger charge is 2.20. The van der Waals surface area contributed by atoms with Crippen LogP contribution in [0, 0.1) is 0 Å². The molecule has 5 rings (SSSR count). The SMILES string of the molecule is CCN(C)C(=S)NN=C(c1ccccn1)c1ccccn1.CN(C(=S)NN=C(c1ccccn1)c1ccccn1)C1CCCCC1. The van der Waals surface area contributed by atoms with Crippen molar-refractivity contribution in [2.24, 2.45) is 10.2 Å². The van der Waals surface area contributed by atoms with Crippen LogP contribution >= 0.6 is 24.4 Å². The molecule has 1 aliphatic carbocycles. The Labute approximate surface area is 282 Å². The van der Waals surface area contributed by atoms with Crippen molar-refractivity contribution in [3.05, 3.63) is 120 Å². The lowest BCUT2D eigenvalue weighted by Crippen LogP contribution is -2.43. The second-order valence-corrected chi connectivity index (χ2v) is 11.3. The Kier molecular flexibility index (Phi) is 13.6. The molecule has 0 saturated heterocycles. The van der Waals surface area contributed by atoms with Gasteiger partial charge in [-0.3, -0.25) is 30.8 Å². The molecule has 4 aromatic heterocycles. The van der Waals surface area contributed by atoms with E-state index in [1.165, 1.54) is 32.1 Å². The van der Waals surface area contributed by atoms with Gasteiger partial charge in [0.05, 0.1) is 22.8 Å². The maximum Gasteiger partial charge on any atom is 0.189 e. The van der Waals surface area contributed by atoms with Crippen LogP contribution < -0.4 is 10.9 Å². The highest BCUT2D eigenvalue weighted by molar-refractivity contribution is 7.80. The van der Waals surface area contributed by atoms with Gasteiger partial charge in [-0.1, -0.05) is 43.5 Å². The average Bonchev–Trinajstić information content (AvgIpc) is 3.13. The van der Waals surface area contributed by atoms with Crippen molar-refractivity contribution in [3.8, 4) is 0 Å². The molecule has 0 amide bonds. The largest absolute Gasteiger partial charge is 0.351 e. The zero-order valence-electron chi connectivity index (χ0n) is 26.5. The Morgan fingerprint density at radius 1 is 0.652 bits per heavy atom. The summed E-state index contributed by atoms with van der Waals surface area (Å²) in [5.41, 5.74) is 10.3. The van der Waals surface area contributed by atoms with E-state index in [-0.39, 0.29) is 0 Å². The van der Waals surface area contributed by atoms with Crippen LogP contribution in [0.1, 0.15) is 61.8 Å². The van der Waals surface area contributed by atoms with Crippen molar-refractivity contribution in [2.45, 2.75) is 45.1 Å². The summed E-state index contributed by atoms with van der Waals surface area (Å²) in [5.74, 6) is 0. The van der Waals surface area contributed by atoms with Crippen molar-refractivity contribution in [3.63, 3.8) is 0 Å². The van der Waals surface area contributed by atoms with Crippen LogP contribution in [0.25, 0.3) is 0 Å². The van der Waals surface area contributed by atoms with E-state index in [0.29, 0.717) is 27.7 Å². The molecule has 0 bridgehead atoms. The lowest BCUT2D eigenvalue weighted by Gasteiger charge is -2.32. The molecular weight excluding hydrogens is 613 g/mol. The van der Waals surface area contributed by atoms with Crippen LogP contribution in [0.4, 0.5) is 0 Å². The van der Waals surface area contributed by atoms with Crippen LogP contribution in [0.3, 0.4) is 0 Å². The van der Waals surface area contributed by atoms with Gasteiger partial charge in [-0.15, -0.1) is 0 Å². The zero-order valence-corrected chi connectivity index (χ0v) is 28.1. The number of hydrogen-bond acceptors (Lipinski definition) is 8. The summed E-state index contributed by atoms with van der Waals surface area (Å²) < 4.78 is 0. The predicted octanol–water partition coefficient (Wildman–Crippen LogP) is 5.42. The molecule has 0 radical (unpaired) electrons. The van der Waals surface area contributed by atoms with Gasteiger partial charge in [0.2, 0.25) is 0 Å². The van der Waals surface area contributed by atoms with Gasteiger partial charge in [-0.25, -0.2) is 0 Å². The third-order valence-electron chi connectivity index (χ3n) is 7.42. The number of nitrogens with zero attached hydrogens (tertiary/aromatic N) is 8. The molecule has 2 N–H and O–H groups in total. The van der Waals surface area contributed by atoms with Gasteiger partial charge in [0.15, 0.2) is 10.2 Å². The minimum atomic E-state index is 0.497. The van der Waals surface area contributed by atoms with Crippen LogP contribution in [0.15, 0.2) is 108 Å². The average molecular weight is 653 g/mol. The molecular formula is C34H40N10S2. The summed E-state index contributed by atoms with van der Waals surface area (Å²) in [5, 5.41) is 10.1. The Balaban J connectivity index is 0.000000212. The van der Waals surface area contributed by atoms with Gasteiger partial charge in [-0.05, 0) is 92.7 Å². The lowest BCUT2D eigenvalue weighted by atomic mass is 9.95. The van der Waals surface area contributed by atoms with E-state index < -0.39 is 0 Å². The minimum Gasteiger partial charge on any atom is -0.351 e. The molecule has 12 heteroatoms. The Hall–Kier alpha value is -4.68. The maximum atomic E-state index is 5.54. The van der Waals surface area contributed by atoms with Crippen LogP contribution in [-0.4, -0.2) is 78.1 Å². The minimum absolute atomic E-state index is 0.497. The molecule has 0 atom stereocenters. The number of thiocarbonyl (C=S) groups is 2. The highest BCUT2D eigenvalue weighted by atomic mass is 32.1. The number of rotatable bonds is 8. The summed E-state index contributed by atoms with van der Waals surface area (Å²) in [7, 11) is 3.95. The Morgan fingerprint density at radius 3 is 1.39 bits per heavy atom. The second-order valence-electron chi connectivity index (χ2n) is 10.5. The number of pyridine rings is 4. The smallest absolute Gasteiger partial charge is 0.189 e. The molecule has 46 heavy (non-hydrogen) atoms. The summed E-state index contributed by atoms with van der Waals surface area (Å²) in [6, 6.07) is 23.3. The van der Waals surface area contributed by atoms with E-state index in [4.69, 9.17) is 24.4 Å². The summed E-state index contributed by atoms with van der Waals surface area (Å²) in [4.78, 5) is 21.5. The number of hydrazone groups is 2. The van der Waals surface area contributed by atoms with Crippen molar-refractivity contribution < 1.29 is 0 Å². The third-order valence-corrected chi connectivity index (χ3v) is 8.20. The summed E-state index contributed by atoms with van der Waals surface area (Å²) >= 11 is 10.8. The van der Waals surface area contributed by atoms with Gasteiger partial charge >= 0.3 is 0 Å². The molecule has 4 aromatic rings. The van der Waals surface area contributed by atoms with Gasteiger partial charge in [-0.2, -0.15) is 10.2 Å². The Morgan fingerprint density at radius 2 is 1.04 bits per heavy atom. The van der Waals surface area contributed by atoms with E-state index in [1.54, 1.807) is 24.8 Å². The second kappa shape index (κ2) is 18.3. The monoisotopic (exact) mass is 652 g/mol. The number of aromatic nitrogens is 4. The lowest BCUT2D eigenvalue weighted by molar-refractivity contribution is 0.276. The van der Waals surface area contributed by atoms with Crippen molar-refractivity contribution in [1.29, 1.82) is 0 Å². The highest BCUT2D eigenvalue weighted by Crippen LogP contribution is 2.21. The fourth-order valence-electron chi connectivity index (χ4n) is 4.65. The van der Waals surface area contributed by atoms with E-state index in [1.807, 2.05) is 98.7 Å². The van der Waals surface area contributed by atoms with Crippen molar-refractivity contribution >= 4 is 46.1 Å². The number of nitrogens with one attached hydrogen (secondary N) is 2. The molecule has 4 heterocycles. The normalized spacial score (nSPS) is 12.4. The Bertz CT molecular complexity index is 1480. The standard InChI is InChI=1S/C19H23N5S.C15H17N5S/c1-24(15-9-3-2-4-10-15)19(25)23-22-18(16-11-5-7-13-20-16)17-12-6-8-14-21-17;1-3-20(2)15(21)19-18-14(12-8-4-6-10-16-12)13-9-5-7-11-17-13/h5-8,11-15H,2-4,9-10H2,1H3,(H,23,25);4-11H,3H2,1-2H3,(H,19,21). The molecule has 1 aliphatic rings. The molecule has 238 valence electrons. The first kappa shape index (κ1) is 34.2. The van der Waals surface area contributed by atoms with Gasteiger partial charge in [0, 0.05) is 51.5 Å². The molecule has 0 aliphatic heterocycles. The zero-order chi connectivity index (χ0) is 32.6. The third kappa shape index (κ3) is 10.2.